The summed E-state index contributed by atoms with van der Waals surface area (Å²) in [6, 6.07) is 0. The first-order valence-electron chi connectivity index (χ1n) is 10.0. The summed E-state index contributed by atoms with van der Waals surface area (Å²) in [6.45, 7) is 19.7. The van der Waals surface area contributed by atoms with Crippen molar-refractivity contribution in [2.45, 2.75) is 19.8 Å². The molecule has 1 heterocycles. The van der Waals surface area contributed by atoms with Gasteiger partial charge in [0.25, 0.3) is 0 Å². The molecule has 0 unspecified atom stereocenters. The SMILES string of the molecule is C/C=C\C(SCC/C(=C\C=C/I)CN1CCNCC1)=C1\C=CC=CC1.C=C.C=C. The highest BCUT2D eigenvalue weighted by Crippen LogP contribution is 2.28. The Labute approximate surface area is 197 Å². The van der Waals surface area contributed by atoms with E-state index in [0.717, 1.165) is 51.3 Å². The van der Waals surface area contributed by atoms with Gasteiger partial charge < -0.3 is 5.32 Å². The van der Waals surface area contributed by atoms with Crippen molar-refractivity contribution in [1.82, 2.24) is 10.2 Å². The minimum absolute atomic E-state index is 1.05. The van der Waals surface area contributed by atoms with Crippen LogP contribution in [0.3, 0.4) is 0 Å². The number of thioether (sulfide) groups is 1. The normalized spacial score (nSPS) is 18.9. The molecule has 0 radical (unpaired) electrons. The Morgan fingerprint density at radius 1 is 1.21 bits per heavy atom. The van der Waals surface area contributed by atoms with Crippen LogP contribution in [0.2, 0.25) is 0 Å². The molecule has 0 bridgehead atoms. The van der Waals surface area contributed by atoms with Crippen molar-refractivity contribution in [3.05, 3.63) is 95.1 Å². The number of nitrogens with zero attached hydrogens (tertiary/aromatic N) is 1. The third-order valence-corrected chi connectivity index (χ3v) is 5.77. The van der Waals surface area contributed by atoms with Gasteiger partial charge in [-0.15, -0.1) is 38.1 Å². The lowest BCUT2D eigenvalue weighted by atomic mass is 10.1. The molecule has 2 nitrogen and oxygen atoms in total. The highest BCUT2D eigenvalue weighted by Gasteiger charge is 2.11. The Morgan fingerprint density at radius 3 is 2.52 bits per heavy atom. The molecule has 0 amide bonds. The van der Waals surface area contributed by atoms with Crippen LogP contribution in [0.1, 0.15) is 19.8 Å². The molecule has 1 N–H and O–H groups in total. The molecule has 1 aliphatic heterocycles. The van der Waals surface area contributed by atoms with E-state index < -0.39 is 0 Å². The lowest BCUT2D eigenvalue weighted by Gasteiger charge is -2.28. The van der Waals surface area contributed by atoms with Gasteiger partial charge >= 0.3 is 0 Å². The van der Waals surface area contributed by atoms with Crippen molar-refractivity contribution in [1.29, 1.82) is 0 Å². The lowest BCUT2D eigenvalue weighted by molar-refractivity contribution is 0.258. The summed E-state index contributed by atoms with van der Waals surface area (Å²) in [5.74, 6) is 1.13. The maximum atomic E-state index is 3.43. The van der Waals surface area contributed by atoms with E-state index in [9.17, 15) is 0 Å². The second kappa shape index (κ2) is 20.2. The summed E-state index contributed by atoms with van der Waals surface area (Å²) >= 11 is 4.28. The first-order valence-corrected chi connectivity index (χ1v) is 12.3. The van der Waals surface area contributed by atoms with Crippen LogP contribution in [-0.4, -0.2) is 43.4 Å². The number of rotatable bonds is 8. The number of hydrogen-bond acceptors (Lipinski definition) is 3. The first kappa shape index (κ1) is 27.9. The smallest absolute Gasteiger partial charge is 0.0197 e. The van der Waals surface area contributed by atoms with E-state index in [1.165, 1.54) is 16.1 Å². The van der Waals surface area contributed by atoms with E-state index in [2.05, 4.69) is 119 Å². The van der Waals surface area contributed by atoms with E-state index in [-0.39, 0.29) is 0 Å². The zero-order chi connectivity index (χ0) is 21.7. The molecule has 2 rings (SSSR count). The van der Waals surface area contributed by atoms with Crippen molar-refractivity contribution >= 4 is 34.4 Å². The molecule has 0 aromatic carbocycles. The molecule has 1 saturated heterocycles. The number of allylic oxidation sites excluding steroid dienone is 9. The fraction of sp³-hybridized carbons (Fsp3) is 0.360. The van der Waals surface area contributed by atoms with Gasteiger partial charge in [0.05, 0.1) is 0 Å². The molecule has 160 valence electrons. The molecular weight excluding hydrogens is 487 g/mol. The lowest BCUT2D eigenvalue weighted by Crippen LogP contribution is -2.44. The summed E-state index contributed by atoms with van der Waals surface area (Å²) in [4.78, 5) is 3.97. The Hall–Kier alpha value is -1.08. The Morgan fingerprint density at radius 2 is 1.93 bits per heavy atom. The van der Waals surface area contributed by atoms with Crippen molar-refractivity contribution in [2.75, 3.05) is 38.5 Å². The zero-order valence-electron chi connectivity index (χ0n) is 17.9. The quantitative estimate of drug-likeness (QED) is 0.213. The van der Waals surface area contributed by atoms with Gasteiger partial charge in [-0.3, -0.25) is 4.90 Å². The number of piperazine rings is 1. The summed E-state index contributed by atoms with van der Waals surface area (Å²) in [6.07, 6.45) is 19.8. The number of halogens is 1. The maximum absolute atomic E-state index is 3.43. The van der Waals surface area contributed by atoms with Gasteiger partial charge in [0.1, 0.15) is 0 Å². The maximum Gasteiger partial charge on any atom is 0.0197 e. The molecular formula is C25H37IN2S. The Kier molecular flexibility index (Phi) is 19.5. The summed E-state index contributed by atoms with van der Waals surface area (Å²) < 4.78 is 2.09. The van der Waals surface area contributed by atoms with Crippen LogP contribution in [0.5, 0.6) is 0 Å². The zero-order valence-corrected chi connectivity index (χ0v) is 20.9. The van der Waals surface area contributed by atoms with Crippen molar-refractivity contribution in [2.24, 2.45) is 0 Å². The van der Waals surface area contributed by atoms with Crippen LogP contribution in [0, 0.1) is 0 Å². The van der Waals surface area contributed by atoms with Gasteiger partial charge in [-0.2, -0.15) is 0 Å². The van der Waals surface area contributed by atoms with Gasteiger partial charge in [0.2, 0.25) is 0 Å². The molecule has 29 heavy (non-hydrogen) atoms. The number of hydrogen-bond donors (Lipinski definition) is 1. The largest absolute Gasteiger partial charge is 0.314 e. The second-order valence-electron chi connectivity index (χ2n) is 6.15. The molecule has 0 aromatic rings. The average molecular weight is 525 g/mol. The van der Waals surface area contributed by atoms with E-state index in [0.29, 0.717) is 0 Å². The minimum Gasteiger partial charge on any atom is -0.314 e. The molecule has 4 heteroatoms. The van der Waals surface area contributed by atoms with E-state index in [1.54, 1.807) is 0 Å². The topological polar surface area (TPSA) is 15.3 Å². The molecule has 2 aliphatic rings. The van der Waals surface area contributed by atoms with Crippen molar-refractivity contribution < 1.29 is 0 Å². The van der Waals surface area contributed by atoms with Crippen LogP contribution in [0.15, 0.2) is 95.1 Å². The van der Waals surface area contributed by atoms with Crippen LogP contribution in [0.25, 0.3) is 0 Å². The fourth-order valence-electron chi connectivity index (χ4n) is 2.93. The highest BCUT2D eigenvalue weighted by atomic mass is 127. The van der Waals surface area contributed by atoms with Crippen molar-refractivity contribution in [3.8, 4) is 0 Å². The molecule has 0 spiro atoms. The standard InChI is InChI=1S/C21H29IN2S.2C2H4/c1-2-7-21(20-9-4-3-5-10-20)25-17-11-19(8-6-12-22)18-24-15-13-23-14-16-24;2*1-2/h2-9,12,23H,10-11,13-18H2,1H3;2*1-2H2/b7-2-,12-6-,19-8+,21-20+;;. The van der Waals surface area contributed by atoms with Crippen molar-refractivity contribution in [3.63, 3.8) is 0 Å². The Balaban J connectivity index is 0.00000184. The van der Waals surface area contributed by atoms with Gasteiger partial charge in [-0.05, 0) is 29.4 Å². The second-order valence-corrected chi connectivity index (χ2v) is 8.00. The first-order chi connectivity index (χ1) is 14.3. The van der Waals surface area contributed by atoms with Crippen LogP contribution >= 0.6 is 34.4 Å². The molecule has 0 aromatic heterocycles. The number of nitrogens with one attached hydrogen (secondary N) is 1. The van der Waals surface area contributed by atoms with Gasteiger partial charge in [-0.1, -0.05) is 76.8 Å². The van der Waals surface area contributed by atoms with E-state index >= 15 is 0 Å². The molecule has 0 atom stereocenters. The van der Waals surface area contributed by atoms with Gasteiger partial charge in [0, 0.05) is 43.4 Å². The van der Waals surface area contributed by atoms with Gasteiger partial charge in [0.15, 0.2) is 0 Å². The molecule has 0 saturated carbocycles. The summed E-state index contributed by atoms with van der Waals surface area (Å²) in [7, 11) is 0. The third-order valence-electron chi connectivity index (χ3n) is 4.24. The van der Waals surface area contributed by atoms with Gasteiger partial charge in [-0.25, -0.2) is 0 Å². The predicted molar refractivity (Wildman–Crippen MR) is 145 cm³/mol. The van der Waals surface area contributed by atoms with E-state index in [4.69, 9.17) is 0 Å². The van der Waals surface area contributed by atoms with Crippen LogP contribution < -0.4 is 5.32 Å². The fourth-order valence-corrected chi connectivity index (χ4v) is 4.29. The molecule has 1 fully saturated rings. The van der Waals surface area contributed by atoms with E-state index in [1.807, 2.05) is 11.8 Å². The predicted octanol–water partition coefficient (Wildman–Crippen LogP) is 6.84. The average Bonchev–Trinajstić information content (AvgIpc) is 2.80. The third kappa shape index (κ3) is 13.0. The van der Waals surface area contributed by atoms with Crippen LogP contribution in [0.4, 0.5) is 0 Å². The monoisotopic (exact) mass is 524 g/mol. The minimum atomic E-state index is 1.05. The summed E-state index contributed by atoms with van der Waals surface area (Å²) in [5.41, 5.74) is 2.97. The summed E-state index contributed by atoms with van der Waals surface area (Å²) in [5, 5.41) is 3.43. The Bertz CT molecular complexity index is 606. The molecule has 1 aliphatic carbocycles. The van der Waals surface area contributed by atoms with Crippen LogP contribution in [-0.2, 0) is 0 Å². The highest BCUT2D eigenvalue weighted by molar-refractivity contribution is 14.1.